The molecule has 0 aliphatic rings. The van der Waals surface area contributed by atoms with Gasteiger partial charge in [-0.25, -0.2) is 0 Å². The highest BCUT2D eigenvalue weighted by molar-refractivity contribution is 5.32. The van der Waals surface area contributed by atoms with E-state index in [1.54, 1.807) is 6.07 Å². The summed E-state index contributed by atoms with van der Waals surface area (Å²) >= 11 is 0. The number of benzene rings is 1. The number of phenolic OH excluding ortho intramolecular Hbond substituents is 1. The summed E-state index contributed by atoms with van der Waals surface area (Å²) < 4.78 is 0. The molecule has 0 spiro atoms. The first-order valence-corrected chi connectivity index (χ1v) is 4.72. The zero-order valence-electron chi connectivity index (χ0n) is 8.09. The highest BCUT2D eigenvalue weighted by Gasteiger charge is 1.96. The lowest BCUT2D eigenvalue weighted by Gasteiger charge is -2.03. The zero-order valence-corrected chi connectivity index (χ0v) is 8.09. The Bertz CT molecular complexity index is 251. The molecule has 0 unspecified atom stereocenters. The van der Waals surface area contributed by atoms with Crippen molar-refractivity contribution < 1.29 is 5.11 Å². The predicted octanol–water partition coefficient (Wildman–Crippen LogP) is 1.98. The van der Waals surface area contributed by atoms with Crippen LogP contribution in [0.4, 0.5) is 0 Å². The van der Waals surface area contributed by atoms with E-state index in [4.69, 9.17) is 5.73 Å². The molecule has 0 heterocycles. The van der Waals surface area contributed by atoms with Crippen LogP contribution in [0.25, 0.3) is 0 Å². The van der Waals surface area contributed by atoms with Gasteiger partial charge in [0.2, 0.25) is 0 Å². The average Bonchev–Trinajstić information content (AvgIpc) is 2.03. The Morgan fingerprint density at radius 2 is 2.00 bits per heavy atom. The average molecular weight is 179 g/mol. The highest BCUT2D eigenvalue weighted by Crippen LogP contribution is 2.16. The van der Waals surface area contributed by atoms with Gasteiger partial charge in [-0.1, -0.05) is 6.07 Å². The van der Waals surface area contributed by atoms with Crippen LogP contribution in [0.2, 0.25) is 0 Å². The summed E-state index contributed by atoms with van der Waals surface area (Å²) in [6.07, 6.45) is 3.15. The van der Waals surface area contributed by atoms with Crippen LogP contribution in [-0.4, -0.2) is 11.7 Å². The Morgan fingerprint density at radius 1 is 1.23 bits per heavy atom. The molecule has 0 aliphatic heterocycles. The molecule has 1 aromatic rings. The van der Waals surface area contributed by atoms with Crippen molar-refractivity contribution >= 4 is 0 Å². The summed E-state index contributed by atoms with van der Waals surface area (Å²) in [6.45, 7) is 2.74. The van der Waals surface area contributed by atoms with E-state index in [0.717, 1.165) is 31.4 Å². The van der Waals surface area contributed by atoms with Crippen molar-refractivity contribution in [3.8, 4) is 5.75 Å². The van der Waals surface area contributed by atoms with Gasteiger partial charge in [0.25, 0.3) is 0 Å². The molecule has 2 nitrogen and oxygen atoms in total. The maximum atomic E-state index is 9.33. The lowest BCUT2D eigenvalue weighted by Crippen LogP contribution is -1.99. The van der Waals surface area contributed by atoms with Crippen molar-refractivity contribution in [2.45, 2.75) is 26.2 Å². The van der Waals surface area contributed by atoms with Gasteiger partial charge in [-0.3, -0.25) is 0 Å². The van der Waals surface area contributed by atoms with Gasteiger partial charge in [-0.15, -0.1) is 0 Å². The van der Waals surface area contributed by atoms with E-state index in [1.807, 2.05) is 13.0 Å². The van der Waals surface area contributed by atoms with Gasteiger partial charge < -0.3 is 10.8 Å². The van der Waals surface area contributed by atoms with Crippen LogP contribution in [0.15, 0.2) is 18.2 Å². The maximum absolute atomic E-state index is 9.33. The summed E-state index contributed by atoms with van der Waals surface area (Å²) in [5.41, 5.74) is 7.72. The fourth-order valence-electron chi connectivity index (χ4n) is 1.46. The van der Waals surface area contributed by atoms with E-state index in [1.165, 1.54) is 5.56 Å². The van der Waals surface area contributed by atoms with Crippen LogP contribution in [-0.2, 0) is 6.42 Å². The normalized spacial score (nSPS) is 10.3. The van der Waals surface area contributed by atoms with Crippen LogP contribution in [0.3, 0.4) is 0 Å². The van der Waals surface area contributed by atoms with Crippen LogP contribution >= 0.6 is 0 Å². The van der Waals surface area contributed by atoms with Crippen LogP contribution in [0.1, 0.15) is 24.0 Å². The molecule has 0 saturated carbocycles. The molecular formula is C11H17NO. The van der Waals surface area contributed by atoms with E-state index in [-0.39, 0.29) is 0 Å². The van der Waals surface area contributed by atoms with E-state index in [9.17, 15) is 5.11 Å². The lowest BCUT2D eigenvalue weighted by atomic mass is 10.1. The number of rotatable bonds is 4. The van der Waals surface area contributed by atoms with Crippen molar-refractivity contribution in [2.75, 3.05) is 6.54 Å². The summed E-state index contributed by atoms with van der Waals surface area (Å²) in [5.74, 6) is 0.364. The quantitative estimate of drug-likeness (QED) is 0.694. The second kappa shape index (κ2) is 4.87. The van der Waals surface area contributed by atoms with Crippen molar-refractivity contribution in [3.63, 3.8) is 0 Å². The van der Waals surface area contributed by atoms with Crippen molar-refractivity contribution in [2.24, 2.45) is 5.73 Å². The Hall–Kier alpha value is -1.02. The summed E-state index contributed by atoms with van der Waals surface area (Å²) in [5, 5.41) is 9.33. The molecule has 1 aromatic carbocycles. The molecule has 0 amide bonds. The standard InChI is InChI=1S/C11H17NO/c1-9-6-10(4-2-3-5-12)8-11(13)7-9/h6-8,13H,2-5,12H2,1H3. The molecule has 0 aromatic heterocycles. The Kier molecular flexibility index (Phi) is 3.77. The van der Waals surface area contributed by atoms with E-state index >= 15 is 0 Å². The van der Waals surface area contributed by atoms with Gasteiger partial charge in [0.1, 0.15) is 5.75 Å². The predicted molar refractivity (Wildman–Crippen MR) is 54.8 cm³/mol. The number of hydrogen-bond acceptors (Lipinski definition) is 2. The van der Waals surface area contributed by atoms with Crippen LogP contribution in [0, 0.1) is 6.92 Å². The van der Waals surface area contributed by atoms with Crippen LogP contribution < -0.4 is 5.73 Å². The summed E-state index contributed by atoms with van der Waals surface area (Å²) in [6, 6.07) is 5.70. The fourth-order valence-corrected chi connectivity index (χ4v) is 1.46. The molecular weight excluding hydrogens is 162 g/mol. The second-order valence-corrected chi connectivity index (χ2v) is 3.42. The highest BCUT2D eigenvalue weighted by atomic mass is 16.3. The Balaban J connectivity index is 2.56. The molecule has 0 saturated heterocycles. The molecule has 0 atom stereocenters. The largest absolute Gasteiger partial charge is 0.508 e. The minimum absolute atomic E-state index is 0.364. The molecule has 0 bridgehead atoms. The Morgan fingerprint density at radius 3 is 2.62 bits per heavy atom. The van der Waals surface area contributed by atoms with Gasteiger partial charge in [0.15, 0.2) is 0 Å². The monoisotopic (exact) mass is 179 g/mol. The number of unbranched alkanes of at least 4 members (excludes halogenated alkanes) is 1. The molecule has 72 valence electrons. The number of hydrogen-bond donors (Lipinski definition) is 2. The first-order valence-electron chi connectivity index (χ1n) is 4.72. The molecule has 3 N–H and O–H groups in total. The molecule has 2 heteroatoms. The smallest absolute Gasteiger partial charge is 0.116 e. The lowest BCUT2D eigenvalue weighted by molar-refractivity contribution is 0.474. The van der Waals surface area contributed by atoms with Crippen molar-refractivity contribution in [1.29, 1.82) is 0 Å². The third-order valence-electron chi connectivity index (χ3n) is 2.04. The maximum Gasteiger partial charge on any atom is 0.116 e. The second-order valence-electron chi connectivity index (χ2n) is 3.42. The number of aromatic hydroxyl groups is 1. The fraction of sp³-hybridized carbons (Fsp3) is 0.455. The summed E-state index contributed by atoms with van der Waals surface area (Å²) in [7, 11) is 0. The van der Waals surface area contributed by atoms with E-state index < -0.39 is 0 Å². The number of aryl methyl sites for hydroxylation is 2. The molecule has 13 heavy (non-hydrogen) atoms. The topological polar surface area (TPSA) is 46.2 Å². The summed E-state index contributed by atoms with van der Waals surface area (Å²) in [4.78, 5) is 0. The van der Waals surface area contributed by atoms with Crippen molar-refractivity contribution in [3.05, 3.63) is 29.3 Å². The van der Waals surface area contributed by atoms with E-state index in [0.29, 0.717) is 5.75 Å². The SMILES string of the molecule is Cc1cc(O)cc(CCCCN)c1. The molecule has 0 aliphatic carbocycles. The first kappa shape index (κ1) is 10.1. The minimum Gasteiger partial charge on any atom is -0.508 e. The van der Waals surface area contributed by atoms with Gasteiger partial charge >= 0.3 is 0 Å². The molecule has 1 rings (SSSR count). The third kappa shape index (κ3) is 3.47. The van der Waals surface area contributed by atoms with E-state index in [2.05, 4.69) is 6.07 Å². The number of phenols is 1. The van der Waals surface area contributed by atoms with Crippen LogP contribution in [0.5, 0.6) is 5.75 Å². The van der Waals surface area contributed by atoms with Gasteiger partial charge in [-0.2, -0.15) is 0 Å². The number of nitrogens with two attached hydrogens (primary N) is 1. The third-order valence-corrected chi connectivity index (χ3v) is 2.04. The van der Waals surface area contributed by atoms with Gasteiger partial charge in [0.05, 0.1) is 0 Å². The van der Waals surface area contributed by atoms with Gasteiger partial charge in [0, 0.05) is 0 Å². The zero-order chi connectivity index (χ0) is 9.68. The Labute approximate surface area is 79.4 Å². The van der Waals surface area contributed by atoms with Crippen molar-refractivity contribution in [1.82, 2.24) is 0 Å². The molecule has 0 radical (unpaired) electrons. The molecule has 0 fully saturated rings. The van der Waals surface area contributed by atoms with Gasteiger partial charge in [-0.05, 0) is 56.0 Å². The minimum atomic E-state index is 0.364. The first-order chi connectivity index (χ1) is 6.22.